The summed E-state index contributed by atoms with van der Waals surface area (Å²) in [6.45, 7) is 12.7. The van der Waals surface area contributed by atoms with Gasteiger partial charge in [-0.3, -0.25) is 0 Å². The van der Waals surface area contributed by atoms with E-state index in [0.717, 1.165) is 24.3 Å². The van der Waals surface area contributed by atoms with E-state index < -0.39 is 28.9 Å². The summed E-state index contributed by atoms with van der Waals surface area (Å²) < 4.78 is 81.9. The Hall–Kier alpha value is -2.24. The minimum atomic E-state index is -5.67. The van der Waals surface area contributed by atoms with Gasteiger partial charge in [0.1, 0.15) is 0 Å². The van der Waals surface area contributed by atoms with Crippen molar-refractivity contribution in [2.75, 3.05) is 0 Å². The van der Waals surface area contributed by atoms with Crippen molar-refractivity contribution in [1.82, 2.24) is 0 Å². The molecular weight excluding hydrogens is 318 g/mol. The van der Waals surface area contributed by atoms with Crippen LogP contribution in [0.15, 0.2) is 86.1 Å². The predicted octanol–water partition coefficient (Wildman–Crippen LogP) is 6.25. The van der Waals surface area contributed by atoms with Crippen molar-refractivity contribution in [2.24, 2.45) is 5.41 Å². The van der Waals surface area contributed by atoms with Gasteiger partial charge in [0.2, 0.25) is 5.41 Å². The standard InChI is InChI=1S/C17H16F6/c1-5-9-12-14(11-7-3)15(16(18,19)20,17(21,22)23)13(8-4)10-6-2/h5-12H,1-4H2/b12-9-,13-10+,14-11+. The zero-order valence-corrected chi connectivity index (χ0v) is 12.2. The van der Waals surface area contributed by atoms with Crippen LogP contribution in [0.1, 0.15) is 0 Å². The number of halogens is 6. The maximum Gasteiger partial charge on any atom is 0.411 e. The summed E-state index contributed by atoms with van der Waals surface area (Å²) in [5.74, 6) is 0. The highest BCUT2D eigenvalue weighted by molar-refractivity contribution is 5.48. The summed E-state index contributed by atoms with van der Waals surface area (Å²) in [6, 6.07) is 0. The van der Waals surface area contributed by atoms with Gasteiger partial charge in [-0.1, -0.05) is 74.9 Å². The average molecular weight is 334 g/mol. The first kappa shape index (κ1) is 20.8. The molecule has 0 spiro atoms. The number of hydrogen-bond acceptors (Lipinski definition) is 0. The minimum absolute atomic E-state index is 0.515. The molecule has 0 unspecified atom stereocenters. The Balaban J connectivity index is 7.13. The Labute approximate surface area is 131 Å². The molecule has 0 aromatic carbocycles. The van der Waals surface area contributed by atoms with Crippen LogP contribution in [0.4, 0.5) is 26.3 Å². The first-order valence-corrected chi connectivity index (χ1v) is 6.25. The van der Waals surface area contributed by atoms with Gasteiger partial charge in [-0.15, -0.1) is 0 Å². The second kappa shape index (κ2) is 7.85. The number of allylic oxidation sites excluding steroid dienone is 10. The van der Waals surface area contributed by atoms with Crippen LogP contribution >= 0.6 is 0 Å². The van der Waals surface area contributed by atoms with E-state index in [2.05, 4.69) is 26.3 Å². The van der Waals surface area contributed by atoms with Gasteiger partial charge in [-0.2, -0.15) is 26.3 Å². The molecule has 23 heavy (non-hydrogen) atoms. The van der Waals surface area contributed by atoms with Crippen molar-refractivity contribution in [3.63, 3.8) is 0 Å². The van der Waals surface area contributed by atoms with Crippen LogP contribution in [-0.2, 0) is 0 Å². The minimum Gasteiger partial charge on any atom is -0.169 e. The van der Waals surface area contributed by atoms with Crippen LogP contribution in [-0.4, -0.2) is 12.4 Å². The first-order chi connectivity index (χ1) is 10.5. The normalized spacial score (nSPS) is 14.7. The van der Waals surface area contributed by atoms with Gasteiger partial charge in [-0.05, 0) is 11.1 Å². The fourth-order valence-corrected chi connectivity index (χ4v) is 2.06. The average Bonchev–Trinajstić information content (AvgIpc) is 2.41. The lowest BCUT2D eigenvalue weighted by atomic mass is 9.71. The fraction of sp³-hybridized carbons (Fsp3) is 0.176. The van der Waals surface area contributed by atoms with E-state index in [1.807, 2.05) is 0 Å². The molecule has 0 aliphatic rings. The van der Waals surface area contributed by atoms with E-state index in [4.69, 9.17) is 0 Å². The summed E-state index contributed by atoms with van der Waals surface area (Å²) in [7, 11) is 0. The second-order valence-electron chi connectivity index (χ2n) is 4.26. The lowest BCUT2D eigenvalue weighted by Crippen LogP contribution is -2.52. The summed E-state index contributed by atoms with van der Waals surface area (Å²) in [5.41, 5.74) is -6.40. The van der Waals surface area contributed by atoms with E-state index in [1.54, 1.807) is 0 Å². The molecule has 0 saturated carbocycles. The Morgan fingerprint density at radius 3 is 1.39 bits per heavy atom. The number of hydrogen-bond donors (Lipinski definition) is 0. The van der Waals surface area contributed by atoms with E-state index in [1.165, 1.54) is 0 Å². The summed E-state index contributed by atoms with van der Waals surface area (Å²) >= 11 is 0. The third-order valence-electron chi connectivity index (χ3n) is 2.94. The van der Waals surface area contributed by atoms with Crippen molar-refractivity contribution in [1.29, 1.82) is 0 Å². The summed E-state index contributed by atoms with van der Waals surface area (Å²) in [4.78, 5) is 0. The van der Waals surface area contributed by atoms with Crippen LogP contribution in [0.3, 0.4) is 0 Å². The molecule has 0 saturated heterocycles. The van der Waals surface area contributed by atoms with Crippen LogP contribution in [0.2, 0.25) is 0 Å². The molecule has 0 amide bonds. The zero-order valence-electron chi connectivity index (χ0n) is 12.2. The molecule has 6 heteroatoms. The van der Waals surface area contributed by atoms with Gasteiger partial charge >= 0.3 is 12.4 Å². The quantitative estimate of drug-likeness (QED) is 0.381. The Kier molecular flexibility index (Phi) is 7.09. The summed E-state index contributed by atoms with van der Waals surface area (Å²) in [5, 5.41) is 0. The van der Waals surface area contributed by atoms with Gasteiger partial charge in [0.25, 0.3) is 0 Å². The number of alkyl halides is 6. The van der Waals surface area contributed by atoms with Crippen LogP contribution < -0.4 is 0 Å². The Morgan fingerprint density at radius 1 is 0.652 bits per heavy atom. The van der Waals surface area contributed by atoms with Crippen molar-refractivity contribution < 1.29 is 26.3 Å². The highest BCUT2D eigenvalue weighted by Crippen LogP contribution is 2.60. The van der Waals surface area contributed by atoms with Crippen molar-refractivity contribution in [2.45, 2.75) is 12.4 Å². The monoisotopic (exact) mass is 334 g/mol. The maximum absolute atomic E-state index is 13.7. The van der Waals surface area contributed by atoms with Gasteiger partial charge < -0.3 is 0 Å². The van der Waals surface area contributed by atoms with E-state index in [9.17, 15) is 26.3 Å². The van der Waals surface area contributed by atoms with Gasteiger partial charge in [0.15, 0.2) is 0 Å². The van der Waals surface area contributed by atoms with Crippen LogP contribution in [0.5, 0.6) is 0 Å². The molecule has 0 rings (SSSR count). The molecule has 126 valence electrons. The molecule has 0 bridgehead atoms. The topological polar surface area (TPSA) is 0 Å². The fourth-order valence-electron chi connectivity index (χ4n) is 2.06. The Morgan fingerprint density at radius 2 is 1.09 bits per heavy atom. The molecule has 0 heterocycles. The predicted molar refractivity (Wildman–Crippen MR) is 80.6 cm³/mol. The zero-order chi connectivity index (χ0) is 18.3. The molecule has 0 aliphatic heterocycles. The lowest BCUT2D eigenvalue weighted by Gasteiger charge is -2.39. The van der Waals surface area contributed by atoms with Crippen molar-refractivity contribution in [3.8, 4) is 0 Å². The highest BCUT2D eigenvalue weighted by Gasteiger charge is 2.73. The van der Waals surface area contributed by atoms with Gasteiger partial charge in [-0.25, -0.2) is 0 Å². The Bertz CT molecular complexity index is 539. The van der Waals surface area contributed by atoms with Gasteiger partial charge in [0, 0.05) is 0 Å². The van der Waals surface area contributed by atoms with Crippen LogP contribution in [0.25, 0.3) is 0 Å². The smallest absolute Gasteiger partial charge is 0.169 e. The SMILES string of the molecule is C=C/C=C\C(=C/C=C)C(/C(C=C)=C/C=C)(C(F)(F)F)C(F)(F)F. The summed E-state index contributed by atoms with van der Waals surface area (Å²) in [6.07, 6.45) is -5.11. The van der Waals surface area contributed by atoms with E-state index >= 15 is 0 Å². The molecule has 0 atom stereocenters. The lowest BCUT2D eigenvalue weighted by molar-refractivity contribution is -0.308. The third-order valence-corrected chi connectivity index (χ3v) is 2.94. The highest BCUT2D eigenvalue weighted by atomic mass is 19.4. The largest absolute Gasteiger partial charge is 0.411 e. The molecule has 0 aromatic heterocycles. The van der Waals surface area contributed by atoms with Crippen molar-refractivity contribution >= 4 is 0 Å². The first-order valence-electron chi connectivity index (χ1n) is 6.25. The molecule has 0 aromatic rings. The van der Waals surface area contributed by atoms with Crippen LogP contribution in [0, 0.1) is 5.41 Å². The molecule has 0 fully saturated rings. The van der Waals surface area contributed by atoms with Gasteiger partial charge in [0.05, 0.1) is 0 Å². The second-order valence-corrected chi connectivity index (χ2v) is 4.26. The van der Waals surface area contributed by atoms with E-state index in [0.29, 0.717) is 24.3 Å². The molecule has 0 radical (unpaired) electrons. The molecular formula is C17H16F6. The molecule has 0 nitrogen and oxygen atoms in total. The molecule has 0 N–H and O–H groups in total. The third kappa shape index (κ3) is 3.94. The van der Waals surface area contributed by atoms with Crippen molar-refractivity contribution in [3.05, 3.63) is 86.1 Å². The number of rotatable bonds is 7. The molecule has 0 aliphatic carbocycles. The maximum atomic E-state index is 13.7. The van der Waals surface area contributed by atoms with E-state index in [-0.39, 0.29) is 0 Å².